The number of benzene rings is 5. The minimum absolute atomic E-state index is 0. The van der Waals surface area contributed by atoms with Crippen LogP contribution in [0.4, 0.5) is 0 Å². The summed E-state index contributed by atoms with van der Waals surface area (Å²) in [4.78, 5) is 12.9. The Hall–Kier alpha value is -4.99. The van der Waals surface area contributed by atoms with Crippen molar-refractivity contribution in [3.8, 4) is 17.3 Å². The number of pyridine rings is 1. The van der Waals surface area contributed by atoms with E-state index >= 15 is 0 Å². The molecule has 0 aliphatic carbocycles. The van der Waals surface area contributed by atoms with Crippen molar-refractivity contribution < 1.29 is 25.8 Å². The van der Waals surface area contributed by atoms with Crippen molar-refractivity contribution in [1.29, 1.82) is 0 Å². The van der Waals surface area contributed by atoms with E-state index in [1.165, 1.54) is 44.3 Å². The average Bonchev–Trinajstić information content (AvgIpc) is 3.78. The topological polar surface area (TPSA) is 42.6 Å². The molecule has 5 nitrogen and oxygen atoms in total. The Bertz CT molecular complexity index is 2640. The van der Waals surface area contributed by atoms with Crippen LogP contribution < -0.4 is 4.74 Å². The maximum Gasteiger partial charge on any atom is 2.00 e. The van der Waals surface area contributed by atoms with Gasteiger partial charge in [0.1, 0.15) is 5.82 Å². The Labute approximate surface area is 319 Å². The van der Waals surface area contributed by atoms with Gasteiger partial charge in [-0.2, -0.15) is 6.07 Å². The van der Waals surface area contributed by atoms with E-state index in [1.807, 2.05) is 12.3 Å². The third-order valence-corrected chi connectivity index (χ3v) is 11.4. The number of rotatable bonds is 4. The molecule has 0 unspecified atom stereocenters. The summed E-state index contributed by atoms with van der Waals surface area (Å²) < 4.78 is 9.16. The largest absolute Gasteiger partial charge is 2.00 e. The van der Waals surface area contributed by atoms with Crippen LogP contribution in [0.25, 0.3) is 27.6 Å². The van der Waals surface area contributed by atoms with E-state index in [0.717, 1.165) is 51.4 Å². The van der Waals surface area contributed by atoms with Gasteiger partial charge in [0.15, 0.2) is 0 Å². The Balaban J connectivity index is 0.00000360. The van der Waals surface area contributed by atoms with Crippen LogP contribution in [-0.2, 0) is 33.0 Å². The first-order valence-electron chi connectivity index (χ1n) is 17.9. The van der Waals surface area contributed by atoms with Gasteiger partial charge in [-0.1, -0.05) is 130 Å². The Morgan fingerprint density at radius 1 is 0.769 bits per heavy atom. The van der Waals surface area contributed by atoms with Gasteiger partial charge in [0, 0.05) is 46.6 Å². The van der Waals surface area contributed by atoms with Crippen LogP contribution in [-0.4, -0.2) is 20.3 Å². The standard InChI is InChI=1S/C46H38N4O.Pt/c1-26-19-35-34-22-29(4)40(24-38(34)50-42(35)37(20-26)46(5,6)36-17-12-18-47-45(36)50)51-39-23-33(27(2)21-28(39)3)44-48-41(30-13-8-7-9-14-30)43-32-16-11-10-15-31(32)25-49(43)44;/h7-22,41,43H,25H2,1-6H3;/q-2;+2/t41-,43+;/m1./s1. The predicted octanol–water partition coefficient (Wildman–Crippen LogP) is 10.5. The summed E-state index contributed by atoms with van der Waals surface area (Å²) in [6.45, 7) is 14.0. The first-order valence-corrected chi connectivity index (χ1v) is 17.9. The van der Waals surface area contributed by atoms with Crippen molar-refractivity contribution in [2.75, 3.05) is 0 Å². The Morgan fingerprint density at radius 2 is 1.52 bits per heavy atom. The van der Waals surface area contributed by atoms with Gasteiger partial charge in [0.2, 0.25) is 0 Å². The fourth-order valence-electron chi connectivity index (χ4n) is 8.91. The van der Waals surface area contributed by atoms with Crippen LogP contribution in [0.2, 0.25) is 0 Å². The number of aromatic nitrogens is 2. The van der Waals surface area contributed by atoms with Crippen LogP contribution in [0.3, 0.4) is 0 Å². The zero-order valence-corrected chi connectivity index (χ0v) is 32.4. The molecule has 0 saturated heterocycles. The van der Waals surface area contributed by atoms with Gasteiger partial charge in [-0.3, -0.25) is 0 Å². The third-order valence-electron chi connectivity index (χ3n) is 11.4. The van der Waals surface area contributed by atoms with Crippen molar-refractivity contribution in [2.24, 2.45) is 4.99 Å². The van der Waals surface area contributed by atoms with Crippen LogP contribution in [0.1, 0.15) is 81.6 Å². The van der Waals surface area contributed by atoms with E-state index in [2.05, 4.69) is 148 Å². The quantitative estimate of drug-likeness (QED) is 0.166. The summed E-state index contributed by atoms with van der Waals surface area (Å²) in [5.41, 5.74) is 13.9. The normalized spacial score (nSPS) is 17.8. The monoisotopic (exact) mass is 857 g/mol. The molecule has 3 aliphatic rings. The molecule has 5 heterocycles. The molecule has 7 aromatic rings. The number of nitrogens with zero attached hydrogens (tertiary/aromatic N) is 4. The second kappa shape index (κ2) is 11.8. The molecule has 258 valence electrons. The zero-order chi connectivity index (χ0) is 34.8. The van der Waals surface area contributed by atoms with E-state index in [-0.39, 0.29) is 38.6 Å². The second-order valence-electron chi connectivity index (χ2n) is 15.1. The van der Waals surface area contributed by atoms with Crippen LogP contribution >= 0.6 is 0 Å². The summed E-state index contributed by atoms with van der Waals surface area (Å²) >= 11 is 0. The van der Waals surface area contributed by atoms with Crippen LogP contribution in [0, 0.1) is 39.8 Å². The van der Waals surface area contributed by atoms with E-state index in [4.69, 9.17) is 14.7 Å². The molecule has 0 radical (unpaired) electrons. The van der Waals surface area contributed by atoms with Crippen molar-refractivity contribution in [1.82, 2.24) is 14.5 Å². The number of amidine groups is 1. The van der Waals surface area contributed by atoms with E-state index in [9.17, 15) is 0 Å². The van der Waals surface area contributed by atoms with Gasteiger partial charge in [0.25, 0.3) is 0 Å². The summed E-state index contributed by atoms with van der Waals surface area (Å²) in [7, 11) is 0. The molecule has 52 heavy (non-hydrogen) atoms. The summed E-state index contributed by atoms with van der Waals surface area (Å²) in [5.74, 6) is 3.32. The average molecular weight is 858 g/mol. The molecule has 3 aliphatic heterocycles. The molecular weight excluding hydrogens is 820 g/mol. The van der Waals surface area contributed by atoms with Crippen molar-refractivity contribution in [3.05, 3.63) is 165 Å². The molecule has 2 aromatic heterocycles. The van der Waals surface area contributed by atoms with Gasteiger partial charge >= 0.3 is 21.1 Å². The number of fused-ring (bicyclic) bond motifs is 8. The van der Waals surface area contributed by atoms with Crippen LogP contribution in [0.5, 0.6) is 11.5 Å². The summed E-state index contributed by atoms with van der Waals surface area (Å²) in [5, 5.41) is 2.38. The Kier molecular flexibility index (Phi) is 7.44. The molecule has 0 N–H and O–H groups in total. The van der Waals surface area contributed by atoms with Crippen LogP contribution in [0.15, 0.2) is 102 Å². The molecule has 0 amide bonds. The summed E-state index contributed by atoms with van der Waals surface area (Å²) in [6, 6.07) is 40.5. The number of aryl methyl sites for hydroxylation is 4. The number of hydrogen-bond acceptors (Lipinski definition) is 4. The zero-order valence-electron chi connectivity index (χ0n) is 30.1. The molecule has 0 fully saturated rings. The SMILES string of the molecule is Cc1cc2c3c(c1)c1cc(C)c(Oc4[c-]c(C5=N[C@H](c6ccccc6)[C@@H]6c7ccccc7CN56)c(C)cc4C)[c-]c1n3-c1ncccc1C2(C)C.[Pt+2]. The first kappa shape index (κ1) is 32.9. The van der Waals surface area contributed by atoms with E-state index in [1.54, 1.807) is 0 Å². The molecule has 5 aromatic carbocycles. The molecule has 0 bridgehead atoms. The minimum atomic E-state index is -0.185. The minimum Gasteiger partial charge on any atom is -0.502 e. The number of ether oxygens (including phenoxy) is 1. The van der Waals surface area contributed by atoms with Gasteiger partial charge in [-0.15, -0.1) is 34.2 Å². The van der Waals surface area contributed by atoms with Gasteiger partial charge in [-0.05, 0) is 40.6 Å². The number of aliphatic imine (C=N–C) groups is 1. The van der Waals surface area contributed by atoms with E-state index in [0.29, 0.717) is 11.5 Å². The smallest absolute Gasteiger partial charge is 0.502 e. The Morgan fingerprint density at radius 3 is 2.35 bits per heavy atom. The molecule has 10 rings (SSSR count). The first-order chi connectivity index (χ1) is 24.7. The molecule has 2 atom stereocenters. The molecule has 6 heteroatoms. The maximum atomic E-state index is 6.87. The fourth-order valence-corrected chi connectivity index (χ4v) is 8.91. The van der Waals surface area contributed by atoms with Crippen molar-refractivity contribution >= 4 is 27.6 Å². The maximum absolute atomic E-state index is 6.87. The van der Waals surface area contributed by atoms with Crippen molar-refractivity contribution in [2.45, 2.75) is 65.6 Å². The van der Waals surface area contributed by atoms with Crippen molar-refractivity contribution in [3.63, 3.8) is 0 Å². The fraction of sp³-hybridized carbons (Fsp3) is 0.217. The molecule has 0 spiro atoms. The number of hydrogen-bond donors (Lipinski definition) is 0. The van der Waals surface area contributed by atoms with Gasteiger partial charge in [0.05, 0.1) is 12.1 Å². The second-order valence-corrected chi connectivity index (χ2v) is 15.1. The third kappa shape index (κ3) is 4.64. The predicted molar refractivity (Wildman–Crippen MR) is 204 cm³/mol. The molecule has 0 saturated carbocycles. The van der Waals surface area contributed by atoms with E-state index < -0.39 is 0 Å². The summed E-state index contributed by atoms with van der Waals surface area (Å²) in [6.07, 6.45) is 1.89. The molecular formula is C46H38N4OPt. The van der Waals surface area contributed by atoms with Gasteiger partial charge in [-0.25, -0.2) is 4.98 Å². The van der Waals surface area contributed by atoms with Gasteiger partial charge < -0.3 is 19.2 Å².